The number of carboxylic acid groups (broad SMARTS) is 1. The van der Waals surface area contributed by atoms with Crippen LogP contribution in [0.1, 0.15) is 17.3 Å². The van der Waals surface area contributed by atoms with Crippen molar-refractivity contribution < 1.29 is 14.7 Å². The molecule has 0 aliphatic carbocycles. The maximum atomic E-state index is 11.3. The number of anilines is 1. The molecule has 1 aromatic carbocycles. The Kier molecular flexibility index (Phi) is 4.14. The van der Waals surface area contributed by atoms with Gasteiger partial charge in [0.05, 0.1) is 17.6 Å². The number of likely N-dealkylation sites (N-methyl/N-ethyl adjacent to an activating group) is 1. The van der Waals surface area contributed by atoms with Gasteiger partial charge in [-0.2, -0.15) is 0 Å². The van der Waals surface area contributed by atoms with Crippen LogP contribution in [0, 0.1) is 0 Å². The molecule has 0 fully saturated rings. The summed E-state index contributed by atoms with van der Waals surface area (Å²) in [6.07, 6.45) is 0. The van der Waals surface area contributed by atoms with Crippen molar-refractivity contribution in [2.45, 2.75) is 6.92 Å². The molecule has 2 aromatic rings. The van der Waals surface area contributed by atoms with Gasteiger partial charge in [0.15, 0.2) is 0 Å². The maximum Gasteiger partial charge on any atom is 0.336 e. The van der Waals surface area contributed by atoms with Crippen LogP contribution in [0.25, 0.3) is 10.9 Å². The summed E-state index contributed by atoms with van der Waals surface area (Å²) in [4.78, 5) is 26.7. The molecule has 0 spiro atoms. The summed E-state index contributed by atoms with van der Waals surface area (Å²) in [5.41, 5.74) is 0.788. The van der Waals surface area contributed by atoms with Crippen molar-refractivity contribution >= 4 is 28.6 Å². The molecular formula is C14H15N3O3. The number of nitrogens with one attached hydrogen (secondary N) is 2. The van der Waals surface area contributed by atoms with Gasteiger partial charge in [-0.1, -0.05) is 6.07 Å². The molecule has 20 heavy (non-hydrogen) atoms. The van der Waals surface area contributed by atoms with Gasteiger partial charge in [0, 0.05) is 11.9 Å². The fraction of sp³-hybridized carbons (Fsp3) is 0.214. The molecule has 1 heterocycles. The summed E-state index contributed by atoms with van der Waals surface area (Å²) in [5.74, 6) is -0.569. The molecule has 3 N–H and O–H groups in total. The zero-order valence-electron chi connectivity index (χ0n) is 11.0. The van der Waals surface area contributed by atoms with E-state index in [4.69, 9.17) is 5.11 Å². The number of carbonyl (C=O) groups is 2. The van der Waals surface area contributed by atoms with Gasteiger partial charge in [-0.25, -0.2) is 9.78 Å². The maximum absolute atomic E-state index is 11.3. The molecule has 2 rings (SSSR count). The molecule has 0 bridgehead atoms. The minimum atomic E-state index is -0.986. The lowest BCUT2D eigenvalue weighted by Gasteiger charge is -2.07. The predicted molar refractivity (Wildman–Crippen MR) is 75.9 cm³/mol. The van der Waals surface area contributed by atoms with Crippen LogP contribution in [0.15, 0.2) is 30.3 Å². The number of aromatic carboxylic acids is 1. The van der Waals surface area contributed by atoms with Crippen LogP contribution >= 0.6 is 0 Å². The lowest BCUT2D eigenvalue weighted by molar-refractivity contribution is -0.119. The van der Waals surface area contributed by atoms with Gasteiger partial charge in [0.2, 0.25) is 5.91 Å². The molecule has 104 valence electrons. The number of nitrogens with zero attached hydrogens (tertiary/aromatic N) is 1. The standard InChI is InChI=1S/C14H15N3O3/c1-2-15-13(18)8-16-12-7-6-9-10(14(19)20)4-3-5-11(9)17-12/h3-7H,2,8H2,1H3,(H,15,18)(H,16,17)(H,19,20). The second-order valence-electron chi connectivity index (χ2n) is 4.18. The molecule has 0 saturated heterocycles. The SMILES string of the molecule is CCNC(=O)CNc1ccc2c(C(=O)O)cccc2n1. The summed E-state index contributed by atoms with van der Waals surface area (Å²) < 4.78 is 0. The number of rotatable bonds is 5. The minimum absolute atomic E-state index is 0.117. The first-order valence-electron chi connectivity index (χ1n) is 6.25. The Balaban J connectivity index is 2.22. The van der Waals surface area contributed by atoms with Gasteiger partial charge in [-0.05, 0) is 31.2 Å². The second-order valence-corrected chi connectivity index (χ2v) is 4.18. The van der Waals surface area contributed by atoms with E-state index in [-0.39, 0.29) is 18.0 Å². The van der Waals surface area contributed by atoms with Crippen molar-refractivity contribution in [1.82, 2.24) is 10.3 Å². The predicted octanol–water partition coefficient (Wildman–Crippen LogP) is 1.48. The van der Waals surface area contributed by atoms with Crippen LogP contribution in [-0.2, 0) is 4.79 Å². The van der Waals surface area contributed by atoms with Crippen LogP contribution in [0.3, 0.4) is 0 Å². The number of hydrogen-bond acceptors (Lipinski definition) is 4. The Labute approximate surface area is 115 Å². The van der Waals surface area contributed by atoms with Crippen LogP contribution in [0.5, 0.6) is 0 Å². The molecule has 0 radical (unpaired) electrons. The summed E-state index contributed by atoms with van der Waals surface area (Å²) in [6, 6.07) is 8.26. The number of carboxylic acids is 1. The molecule has 6 heteroatoms. The highest BCUT2D eigenvalue weighted by atomic mass is 16.4. The van der Waals surface area contributed by atoms with Gasteiger partial charge in [-0.15, -0.1) is 0 Å². The molecule has 0 aliphatic rings. The van der Waals surface area contributed by atoms with E-state index in [2.05, 4.69) is 15.6 Å². The highest BCUT2D eigenvalue weighted by Gasteiger charge is 2.09. The summed E-state index contributed by atoms with van der Waals surface area (Å²) >= 11 is 0. The molecule has 0 aliphatic heterocycles. The zero-order chi connectivity index (χ0) is 14.5. The van der Waals surface area contributed by atoms with E-state index in [1.165, 1.54) is 6.07 Å². The second kappa shape index (κ2) is 6.01. The first-order valence-corrected chi connectivity index (χ1v) is 6.25. The topological polar surface area (TPSA) is 91.3 Å². The van der Waals surface area contributed by atoms with Gasteiger partial charge >= 0.3 is 5.97 Å². The largest absolute Gasteiger partial charge is 0.478 e. The molecule has 0 saturated carbocycles. The summed E-state index contributed by atoms with van der Waals surface area (Å²) in [5, 5.41) is 15.2. The quantitative estimate of drug-likeness (QED) is 0.767. The number of benzene rings is 1. The number of carbonyl (C=O) groups excluding carboxylic acids is 1. The van der Waals surface area contributed by atoms with Crippen molar-refractivity contribution in [3.05, 3.63) is 35.9 Å². The van der Waals surface area contributed by atoms with E-state index in [1.54, 1.807) is 24.3 Å². The fourth-order valence-electron chi connectivity index (χ4n) is 1.87. The molecule has 0 unspecified atom stereocenters. The first-order chi connectivity index (χ1) is 9.61. The third-order valence-corrected chi connectivity index (χ3v) is 2.77. The number of pyridine rings is 1. The molecule has 1 aromatic heterocycles. The molecule has 0 atom stereocenters. The van der Waals surface area contributed by atoms with E-state index >= 15 is 0 Å². The Morgan fingerprint density at radius 3 is 2.75 bits per heavy atom. The lowest BCUT2D eigenvalue weighted by Crippen LogP contribution is -2.29. The molecular weight excluding hydrogens is 258 g/mol. The number of amides is 1. The Bertz CT molecular complexity index is 655. The number of fused-ring (bicyclic) bond motifs is 1. The smallest absolute Gasteiger partial charge is 0.336 e. The molecule has 6 nitrogen and oxygen atoms in total. The van der Waals surface area contributed by atoms with Crippen molar-refractivity contribution in [3.63, 3.8) is 0 Å². The monoisotopic (exact) mass is 273 g/mol. The van der Waals surface area contributed by atoms with E-state index < -0.39 is 5.97 Å². The van der Waals surface area contributed by atoms with Gasteiger partial charge < -0.3 is 15.7 Å². The zero-order valence-corrected chi connectivity index (χ0v) is 11.0. The van der Waals surface area contributed by atoms with Crippen LogP contribution in [0.2, 0.25) is 0 Å². The van der Waals surface area contributed by atoms with E-state index in [0.717, 1.165) is 0 Å². The Morgan fingerprint density at radius 1 is 1.25 bits per heavy atom. The number of aromatic nitrogens is 1. The summed E-state index contributed by atoms with van der Waals surface area (Å²) in [7, 11) is 0. The van der Waals surface area contributed by atoms with E-state index in [9.17, 15) is 9.59 Å². The van der Waals surface area contributed by atoms with Crippen molar-refractivity contribution in [1.29, 1.82) is 0 Å². The minimum Gasteiger partial charge on any atom is -0.478 e. The van der Waals surface area contributed by atoms with Crippen molar-refractivity contribution in [2.75, 3.05) is 18.4 Å². The average Bonchev–Trinajstić information content (AvgIpc) is 2.44. The highest BCUT2D eigenvalue weighted by Crippen LogP contribution is 2.19. The number of hydrogen-bond donors (Lipinski definition) is 3. The summed E-state index contributed by atoms with van der Waals surface area (Å²) in [6.45, 7) is 2.55. The van der Waals surface area contributed by atoms with Crippen LogP contribution in [0.4, 0.5) is 5.82 Å². The van der Waals surface area contributed by atoms with Crippen molar-refractivity contribution in [3.8, 4) is 0 Å². The normalized spacial score (nSPS) is 10.2. The highest BCUT2D eigenvalue weighted by molar-refractivity contribution is 6.02. The van der Waals surface area contributed by atoms with Gasteiger partial charge in [0.25, 0.3) is 0 Å². The Morgan fingerprint density at radius 2 is 2.05 bits per heavy atom. The average molecular weight is 273 g/mol. The molecule has 1 amide bonds. The third kappa shape index (κ3) is 3.03. The third-order valence-electron chi connectivity index (χ3n) is 2.77. The fourth-order valence-corrected chi connectivity index (χ4v) is 1.87. The van der Waals surface area contributed by atoms with Crippen LogP contribution < -0.4 is 10.6 Å². The van der Waals surface area contributed by atoms with Gasteiger partial charge in [0.1, 0.15) is 5.82 Å². The lowest BCUT2D eigenvalue weighted by atomic mass is 10.1. The van der Waals surface area contributed by atoms with Gasteiger partial charge in [-0.3, -0.25) is 4.79 Å². The van der Waals surface area contributed by atoms with E-state index in [0.29, 0.717) is 23.3 Å². The Hall–Kier alpha value is -2.63. The van der Waals surface area contributed by atoms with Crippen molar-refractivity contribution in [2.24, 2.45) is 0 Å². The van der Waals surface area contributed by atoms with Crippen LogP contribution in [-0.4, -0.2) is 35.1 Å². The first kappa shape index (κ1) is 13.8. The van der Waals surface area contributed by atoms with E-state index in [1.807, 2.05) is 6.92 Å².